The minimum Gasteiger partial charge on any atom is -0.356 e. The van der Waals surface area contributed by atoms with Gasteiger partial charge in [0, 0.05) is 66.5 Å². The minimum absolute atomic E-state index is 0.265. The van der Waals surface area contributed by atoms with Gasteiger partial charge in [0.1, 0.15) is 0 Å². The number of nitrogens with one attached hydrogen (secondary N) is 2. The van der Waals surface area contributed by atoms with Crippen molar-refractivity contribution in [1.29, 1.82) is 0 Å². The van der Waals surface area contributed by atoms with Crippen molar-refractivity contribution in [3.8, 4) is 0 Å². The largest absolute Gasteiger partial charge is 0.356 e. The minimum atomic E-state index is -0.310. The van der Waals surface area contributed by atoms with Gasteiger partial charge in [0.2, 0.25) is 11.8 Å². The third-order valence-electron chi connectivity index (χ3n) is 3.27. The van der Waals surface area contributed by atoms with Crippen LogP contribution >= 0.6 is 0 Å². The molecule has 0 fully saturated rings. The molecule has 2 N–H and O–H groups in total. The lowest BCUT2D eigenvalue weighted by molar-refractivity contribution is -0.119. The van der Waals surface area contributed by atoms with Crippen LogP contribution in [0.5, 0.6) is 0 Å². The first-order valence-electron chi connectivity index (χ1n) is 7.92. The predicted molar refractivity (Wildman–Crippen MR) is 89.2 cm³/mol. The van der Waals surface area contributed by atoms with Crippen LogP contribution in [0, 0.1) is 0 Å². The molecule has 0 aliphatic rings. The Bertz CT molecular complexity index is 334. The Morgan fingerprint density at radius 2 is 1.08 bits per heavy atom. The average Bonchev–Trinajstić information content (AvgIpc) is 2.60. The van der Waals surface area contributed by atoms with Gasteiger partial charge in [0.25, 0.3) is 0 Å². The molecule has 0 saturated carbocycles. The highest BCUT2D eigenvalue weighted by atomic mass is 16.7. The van der Waals surface area contributed by atoms with Crippen LogP contribution in [-0.4, -0.2) is 65.9 Å². The van der Waals surface area contributed by atoms with Crippen molar-refractivity contribution in [2.75, 3.05) is 41.5 Å². The number of rotatable bonds is 14. The predicted octanol–water partition coefficient (Wildman–Crippen LogP) is 0.573. The average molecular weight is 346 g/mol. The topological polar surface area (TPSA) is 95.1 Å². The first kappa shape index (κ1) is 22.5. The molecule has 24 heavy (non-hydrogen) atoms. The molecule has 0 aliphatic heterocycles. The Kier molecular flexibility index (Phi) is 14.1. The maximum absolute atomic E-state index is 11.6. The molecule has 0 spiro atoms. The van der Waals surface area contributed by atoms with Crippen molar-refractivity contribution >= 4 is 11.8 Å². The van der Waals surface area contributed by atoms with Crippen LogP contribution in [0.15, 0.2) is 12.2 Å². The molecule has 140 valence electrons. The Morgan fingerprint density at radius 1 is 0.750 bits per heavy atom. The van der Waals surface area contributed by atoms with Gasteiger partial charge in [-0.05, 0) is 12.8 Å². The highest BCUT2D eigenvalue weighted by molar-refractivity contribution is 5.96. The molecule has 2 amide bonds. The summed E-state index contributed by atoms with van der Waals surface area (Å²) in [4.78, 5) is 23.1. The standard InChI is InChI=1S/C16H30N2O6/c1-21-15(22-2)7-5-11-17-13(19)9-10-14(20)18-12-6-8-16(23-3)24-4/h9-10,15-16H,5-8,11-12H2,1-4H3,(H,17,19)(H,18,20)/b10-9-. The van der Waals surface area contributed by atoms with E-state index in [9.17, 15) is 9.59 Å². The van der Waals surface area contributed by atoms with E-state index in [0.717, 1.165) is 12.8 Å². The quantitative estimate of drug-likeness (QED) is 0.271. The Morgan fingerprint density at radius 3 is 1.38 bits per heavy atom. The van der Waals surface area contributed by atoms with Gasteiger partial charge in [-0.15, -0.1) is 0 Å². The second-order valence-electron chi connectivity index (χ2n) is 5.00. The van der Waals surface area contributed by atoms with Gasteiger partial charge in [-0.25, -0.2) is 0 Å². The maximum Gasteiger partial charge on any atom is 0.244 e. The van der Waals surface area contributed by atoms with Crippen LogP contribution in [0.2, 0.25) is 0 Å². The zero-order chi connectivity index (χ0) is 18.2. The molecule has 0 radical (unpaired) electrons. The number of carbonyl (C=O) groups is 2. The van der Waals surface area contributed by atoms with Gasteiger partial charge in [-0.3, -0.25) is 9.59 Å². The summed E-state index contributed by atoms with van der Waals surface area (Å²) in [6.45, 7) is 0.979. The monoisotopic (exact) mass is 346 g/mol. The lowest BCUT2D eigenvalue weighted by Gasteiger charge is -2.12. The summed E-state index contributed by atoms with van der Waals surface area (Å²) >= 11 is 0. The molecular formula is C16H30N2O6. The fraction of sp³-hybridized carbons (Fsp3) is 0.750. The van der Waals surface area contributed by atoms with Crippen molar-refractivity contribution < 1.29 is 28.5 Å². The van der Waals surface area contributed by atoms with E-state index in [0.29, 0.717) is 25.9 Å². The maximum atomic E-state index is 11.6. The third-order valence-corrected chi connectivity index (χ3v) is 3.27. The van der Waals surface area contributed by atoms with Crippen LogP contribution in [0.25, 0.3) is 0 Å². The molecule has 8 nitrogen and oxygen atoms in total. The lowest BCUT2D eigenvalue weighted by Crippen LogP contribution is -2.26. The first-order valence-corrected chi connectivity index (χ1v) is 7.92. The Hall–Kier alpha value is -1.48. The summed E-state index contributed by atoms with van der Waals surface area (Å²) < 4.78 is 20.2. The fourth-order valence-corrected chi connectivity index (χ4v) is 1.89. The highest BCUT2D eigenvalue weighted by Gasteiger charge is 2.06. The highest BCUT2D eigenvalue weighted by Crippen LogP contribution is 2.01. The molecule has 0 aromatic heterocycles. The summed E-state index contributed by atoms with van der Waals surface area (Å²) in [5.74, 6) is -0.620. The molecule has 8 heteroatoms. The van der Waals surface area contributed by atoms with Crippen LogP contribution in [0.1, 0.15) is 25.7 Å². The number of methoxy groups -OCH3 is 4. The molecule has 0 atom stereocenters. The molecule has 0 aromatic rings. The SMILES string of the molecule is COC(CCCNC(=O)/C=C\C(=O)NCCCC(OC)OC)OC. The number of hydrogen-bond acceptors (Lipinski definition) is 6. The van der Waals surface area contributed by atoms with Crippen molar-refractivity contribution in [1.82, 2.24) is 10.6 Å². The summed E-state index contributed by atoms with van der Waals surface area (Å²) in [5, 5.41) is 5.38. The van der Waals surface area contributed by atoms with Crippen molar-refractivity contribution in [2.45, 2.75) is 38.3 Å². The molecule has 0 saturated heterocycles. The van der Waals surface area contributed by atoms with Crippen molar-refractivity contribution in [3.05, 3.63) is 12.2 Å². The van der Waals surface area contributed by atoms with Crippen LogP contribution in [0.3, 0.4) is 0 Å². The Labute approximate surface area is 143 Å². The van der Waals surface area contributed by atoms with E-state index in [1.807, 2.05) is 0 Å². The molecule has 0 rings (SSSR count). The summed E-state index contributed by atoms with van der Waals surface area (Å²) in [7, 11) is 6.27. The summed E-state index contributed by atoms with van der Waals surface area (Å²) in [6.07, 6.45) is 4.71. The molecule has 0 heterocycles. The van der Waals surface area contributed by atoms with Crippen LogP contribution in [0.4, 0.5) is 0 Å². The van der Waals surface area contributed by atoms with Crippen molar-refractivity contribution in [3.63, 3.8) is 0 Å². The van der Waals surface area contributed by atoms with E-state index in [-0.39, 0.29) is 24.4 Å². The zero-order valence-electron chi connectivity index (χ0n) is 15.0. The number of carbonyl (C=O) groups excluding carboxylic acids is 2. The van der Waals surface area contributed by atoms with Gasteiger partial charge >= 0.3 is 0 Å². The van der Waals surface area contributed by atoms with E-state index in [4.69, 9.17) is 18.9 Å². The van der Waals surface area contributed by atoms with E-state index >= 15 is 0 Å². The number of amides is 2. The molecule has 0 aromatic carbocycles. The van der Waals surface area contributed by atoms with Gasteiger partial charge < -0.3 is 29.6 Å². The van der Waals surface area contributed by atoms with E-state index in [1.165, 1.54) is 12.2 Å². The molecular weight excluding hydrogens is 316 g/mol. The number of ether oxygens (including phenoxy) is 4. The van der Waals surface area contributed by atoms with Gasteiger partial charge in [-0.2, -0.15) is 0 Å². The van der Waals surface area contributed by atoms with E-state index in [1.54, 1.807) is 28.4 Å². The smallest absolute Gasteiger partial charge is 0.244 e. The molecule has 0 unspecified atom stereocenters. The van der Waals surface area contributed by atoms with Gasteiger partial charge in [0.05, 0.1) is 0 Å². The summed E-state index contributed by atoms with van der Waals surface area (Å²) in [5.41, 5.74) is 0. The van der Waals surface area contributed by atoms with Crippen molar-refractivity contribution in [2.24, 2.45) is 0 Å². The van der Waals surface area contributed by atoms with Crippen LogP contribution < -0.4 is 10.6 Å². The van der Waals surface area contributed by atoms with Gasteiger partial charge in [-0.1, -0.05) is 0 Å². The zero-order valence-corrected chi connectivity index (χ0v) is 15.0. The summed E-state index contributed by atoms with van der Waals surface area (Å²) in [6, 6.07) is 0. The lowest BCUT2D eigenvalue weighted by atomic mass is 10.3. The van der Waals surface area contributed by atoms with Crippen LogP contribution in [-0.2, 0) is 28.5 Å². The van der Waals surface area contributed by atoms with E-state index in [2.05, 4.69) is 10.6 Å². The molecule has 0 aliphatic carbocycles. The normalized spacial score (nSPS) is 11.4. The second-order valence-corrected chi connectivity index (χ2v) is 5.00. The number of hydrogen-bond donors (Lipinski definition) is 2. The molecule has 0 bridgehead atoms. The Balaban J connectivity index is 3.75. The fourth-order valence-electron chi connectivity index (χ4n) is 1.89. The van der Waals surface area contributed by atoms with Gasteiger partial charge in [0.15, 0.2) is 12.6 Å². The van der Waals surface area contributed by atoms with E-state index < -0.39 is 0 Å². The third kappa shape index (κ3) is 12.0. The second kappa shape index (κ2) is 15.1. The first-order chi connectivity index (χ1) is 11.6.